The SMILES string of the molecule is CCCCc1cn(-c2nc(O)c3ncn([C@@H]4O[C@H](CO)[C@@H](O)[C@H]4O)c3n2)nn1. The maximum Gasteiger partial charge on any atom is 0.257 e. The van der Waals surface area contributed by atoms with Gasteiger partial charge < -0.3 is 25.2 Å². The second-order valence-electron chi connectivity index (χ2n) is 6.66. The van der Waals surface area contributed by atoms with Crippen molar-refractivity contribution in [1.29, 1.82) is 0 Å². The summed E-state index contributed by atoms with van der Waals surface area (Å²) >= 11 is 0. The molecule has 0 radical (unpaired) electrons. The standard InChI is InChI=1S/C16H21N7O5/c1-2-3-4-8-5-23(21-20-8)16-18-13-10(14(27)19-16)17-7-22(13)15-12(26)11(25)9(6-24)28-15/h5,7,9,11-12,15,24-26H,2-4,6H2,1H3,(H,18,19,27)/t9-,11-,12-,15-/m1/s1. The summed E-state index contributed by atoms with van der Waals surface area (Å²) in [4.78, 5) is 12.4. The van der Waals surface area contributed by atoms with E-state index in [2.05, 4.69) is 32.2 Å². The smallest absolute Gasteiger partial charge is 0.257 e. The molecule has 12 nitrogen and oxygen atoms in total. The van der Waals surface area contributed by atoms with Gasteiger partial charge in [-0.25, -0.2) is 4.98 Å². The Morgan fingerprint density at radius 3 is 2.75 bits per heavy atom. The molecule has 0 saturated carbocycles. The lowest BCUT2D eigenvalue weighted by atomic mass is 10.1. The van der Waals surface area contributed by atoms with Gasteiger partial charge in [-0.3, -0.25) is 4.57 Å². The molecule has 0 amide bonds. The number of nitrogens with zero attached hydrogens (tertiary/aromatic N) is 7. The maximum atomic E-state index is 10.3. The summed E-state index contributed by atoms with van der Waals surface area (Å²) in [5.41, 5.74) is 1.07. The fraction of sp³-hybridized carbons (Fsp3) is 0.562. The van der Waals surface area contributed by atoms with Gasteiger partial charge in [0.15, 0.2) is 17.4 Å². The normalized spacial score (nSPS) is 25.0. The fourth-order valence-electron chi connectivity index (χ4n) is 3.16. The zero-order valence-corrected chi connectivity index (χ0v) is 15.1. The molecule has 1 fully saturated rings. The van der Waals surface area contributed by atoms with Crippen LogP contribution in [0, 0.1) is 0 Å². The number of unbranched alkanes of at least 4 members (excludes halogenated alkanes) is 1. The summed E-state index contributed by atoms with van der Waals surface area (Å²) < 4.78 is 8.24. The number of aromatic nitrogens is 7. The molecule has 1 aliphatic heterocycles. The second-order valence-corrected chi connectivity index (χ2v) is 6.66. The zero-order valence-electron chi connectivity index (χ0n) is 15.1. The lowest BCUT2D eigenvalue weighted by molar-refractivity contribution is -0.0511. The molecule has 0 aliphatic carbocycles. The summed E-state index contributed by atoms with van der Waals surface area (Å²) in [6.45, 7) is 1.63. The van der Waals surface area contributed by atoms with Crippen LogP contribution in [0.4, 0.5) is 0 Å². The van der Waals surface area contributed by atoms with Crippen LogP contribution >= 0.6 is 0 Å². The third-order valence-electron chi connectivity index (χ3n) is 4.71. The molecule has 3 aromatic heterocycles. The van der Waals surface area contributed by atoms with Crippen LogP contribution in [0.15, 0.2) is 12.5 Å². The number of hydrogen-bond donors (Lipinski definition) is 4. The minimum absolute atomic E-state index is 0.0775. The summed E-state index contributed by atoms with van der Waals surface area (Å²) in [5.74, 6) is -0.287. The average Bonchev–Trinajstić information content (AvgIpc) is 3.39. The van der Waals surface area contributed by atoms with E-state index in [0.717, 1.165) is 25.0 Å². The summed E-state index contributed by atoms with van der Waals surface area (Å²) in [5, 5.41) is 47.9. The van der Waals surface area contributed by atoms with Gasteiger partial charge in [0, 0.05) is 0 Å². The van der Waals surface area contributed by atoms with Crippen LogP contribution in [0.3, 0.4) is 0 Å². The van der Waals surface area contributed by atoms with E-state index in [0.29, 0.717) is 0 Å². The number of aromatic hydroxyl groups is 1. The molecule has 4 heterocycles. The van der Waals surface area contributed by atoms with Crippen LogP contribution in [-0.4, -0.2) is 79.9 Å². The van der Waals surface area contributed by atoms with E-state index >= 15 is 0 Å². The Balaban J connectivity index is 1.72. The van der Waals surface area contributed by atoms with Crippen molar-refractivity contribution >= 4 is 11.2 Å². The molecule has 0 unspecified atom stereocenters. The molecule has 1 aliphatic rings. The highest BCUT2D eigenvalue weighted by Crippen LogP contribution is 2.32. The molecule has 28 heavy (non-hydrogen) atoms. The molecule has 0 spiro atoms. The molecule has 0 aromatic carbocycles. The predicted octanol–water partition coefficient (Wildman–Crippen LogP) is -0.933. The Bertz CT molecular complexity index is 974. The van der Waals surface area contributed by atoms with Crippen LogP contribution in [0.5, 0.6) is 5.88 Å². The Morgan fingerprint density at radius 2 is 2.04 bits per heavy atom. The monoisotopic (exact) mass is 391 g/mol. The van der Waals surface area contributed by atoms with E-state index in [9.17, 15) is 20.4 Å². The van der Waals surface area contributed by atoms with Crippen molar-refractivity contribution in [2.75, 3.05) is 6.61 Å². The van der Waals surface area contributed by atoms with Gasteiger partial charge in [-0.15, -0.1) is 5.10 Å². The number of aryl methyl sites for hydroxylation is 1. The van der Waals surface area contributed by atoms with Crippen molar-refractivity contribution in [1.82, 2.24) is 34.5 Å². The van der Waals surface area contributed by atoms with E-state index in [1.807, 2.05) is 0 Å². The van der Waals surface area contributed by atoms with Crippen LogP contribution in [0.25, 0.3) is 17.1 Å². The molecule has 0 bridgehead atoms. The molecule has 4 atom stereocenters. The van der Waals surface area contributed by atoms with Gasteiger partial charge in [-0.2, -0.15) is 14.6 Å². The minimum atomic E-state index is -1.30. The molecule has 12 heteroatoms. The summed E-state index contributed by atoms with van der Waals surface area (Å²) in [6, 6.07) is 0. The number of aliphatic hydroxyl groups is 3. The molecule has 4 rings (SSSR count). The Hall–Kier alpha value is -2.67. The highest BCUT2D eigenvalue weighted by Gasteiger charge is 2.44. The van der Waals surface area contributed by atoms with Gasteiger partial charge in [-0.05, 0) is 12.8 Å². The number of imidazole rings is 1. The maximum absolute atomic E-state index is 10.3. The summed E-state index contributed by atoms with van der Waals surface area (Å²) in [7, 11) is 0. The van der Waals surface area contributed by atoms with Crippen molar-refractivity contribution < 1.29 is 25.2 Å². The summed E-state index contributed by atoms with van der Waals surface area (Å²) in [6.07, 6.45) is 1.23. The highest BCUT2D eigenvalue weighted by molar-refractivity contribution is 5.76. The number of rotatable bonds is 6. The number of aliphatic hydroxyl groups excluding tert-OH is 3. The van der Waals surface area contributed by atoms with Crippen molar-refractivity contribution in [3.05, 3.63) is 18.2 Å². The second kappa shape index (κ2) is 7.39. The van der Waals surface area contributed by atoms with Gasteiger partial charge in [-0.1, -0.05) is 18.6 Å². The average molecular weight is 391 g/mol. The highest BCUT2D eigenvalue weighted by atomic mass is 16.6. The minimum Gasteiger partial charge on any atom is -0.492 e. The quantitative estimate of drug-likeness (QED) is 0.412. The molecule has 3 aromatic rings. The number of hydrogen-bond acceptors (Lipinski definition) is 10. The van der Waals surface area contributed by atoms with Gasteiger partial charge in [0.05, 0.1) is 24.8 Å². The van der Waals surface area contributed by atoms with E-state index < -0.39 is 31.1 Å². The Labute approximate surface area is 159 Å². The Morgan fingerprint density at radius 1 is 1.21 bits per heavy atom. The molecular formula is C16H21N7O5. The lowest BCUT2D eigenvalue weighted by Crippen LogP contribution is -2.33. The molecular weight excluding hydrogens is 370 g/mol. The van der Waals surface area contributed by atoms with Crippen LogP contribution in [-0.2, 0) is 11.2 Å². The first-order valence-corrected chi connectivity index (χ1v) is 9.01. The number of fused-ring (bicyclic) bond motifs is 1. The fourth-order valence-corrected chi connectivity index (χ4v) is 3.16. The third-order valence-corrected chi connectivity index (χ3v) is 4.71. The van der Waals surface area contributed by atoms with E-state index in [1.165, 1.54) is 15.6 Å². The molecule has 1 saturated heterocycles. The van der Waals surface area contributed by atoms with E-state index in [1.54, 1.807) is 6.20 Å². The first kappa shape index (κ1) is 18.7. The van der Waals surface area contributed by atoms with E-state index in [-0.39, 0.29) is 23.0 Å². The van der Waals surface area contributed by atoms with Crippen LogP contribution < -0.4 is 0 Å². The zero-order chi connectivity index (χ0) is 19.8. The predicted molar refractivity (Wildman–Crippen MR) is 93.5 cm³/mol. The van der Waals surface area contributed by atoms with Crippen molar-refractivity contribution in [2.45, 2.75) is 50.7 Å². The van der Waals surface area contributed by atoms with Crippen molar-refractivity contribution in [2.24, 2.45) is 0 Å². The molecule has 150 valence electrons. The first-order valence-electron chi connectivity index (χ1n) is 9.01. The first-order chi connectivity index (χ1) is 13.5. The van der Waals surface area contributed by atoms with Crippen molar-refractivity contribution in [3.8, 4) is 11.8 Å². The Kier molecular flexibility index (Phi) is 4.93. The largest absolute Gasteiger partial charge is 0.492 e. The van der Waals surface area contributed by atoms with Crippen LogP contribution in [0.1, 0.15) is 31.7 Å². The van der Waals surface area contributed by atoms with E-state index in [4.69, 9.17) is 4.74 Å². The van der Waals surface area contributed by atoms with Gasteiger partial charge in [0.25, 0.3) is 5.95 Å². The molecule has 4 N–H and O–H groups in total. The van der Waals surface area contributed by atoms with Gasteiger partial charge in [0.1, 0.15) is 18.3 Å². The third kappa shape index (κ3) is 3.09. The number of ether oxygens (including phenoxy) is 1. The van der Waals surface area contributed by atoms with Crippen molar-refractivity contribution in [3.63, 3.8) is 0 Å². The topological polar surface area (TPSA) is 164 Å². The van der Waals surface area contributed by atoms with Gasteiger partial charge >= 0.3 is 0 Å². The lowest BCUT2D eigenvalue weighted by Gasteiger charge is -2.16. The van der Waals surface area contributed by atoms with Gasteiger partial charge in [0.2, 0.25) is 5.88 Å². The van der Waals surface area contributed by atoms with Crippen LogP contribution in [0.2, 0.25) is 0 Å².